The van der Waals surface area contributed by atoms with Gasteiger partial charge in [-0.25, -0.2) is 26.3 Å². The number of hydrogen-bond acceptors (Lipinski definition) is 3. The van der Waals surface area contributed by atoms with Crippen molar-refractivity contribution in [3.8, 4) is 16.9 Å². The molecule has 0 N–H and O–H groups in total. The summed E-state index contributed by atoms with van der Waals surface area (Å²) in [5, 5.41) is 0. The van der Waals surface area contributed by atoms with E-state index in [1.807, 2.05) is 20.8 Å². The molecule has 0 amide bonds. The highest BCUT2D eigenvalue weighted by Gasteiger charge is 2.41. The van der Waals surface area contributed by atoms with Crippen LogP contribution in [0.15, 0.2) is 42.5 Å². The molecule has 0 bridgehead atoms. The van der Waals surface area contributed by atoms with E-state index in [-0.39, 0.29) is 23.6 Å². The van der Waals surface area contributed by atoms with Gasteiger partial charge in [-0.15, -0.1) is 0 Å². The fraction of sp³-hybridized carbons (Fsp3) is 0.308. The molecule has 3 nitrogen and oxygen atoms in total. The van der Waals surface area contributed by atoms with E-state index >= 15 is 0 Å². The van der Waals surface area contributed by atoms with Crippen LogP contribution in [0.5, 0.6) is 5.75 Å². The van der Waals surface area contributed by atoms with E-state index in [9.17, 15) is 35.1 Å². The van der Waals surface area contributed by atoms with Crippen LogP contribution in [-0.4, -0.2) is 13.2 Å². The van der Waals surface area contributed by atoms with Crippen LogP contribution in [-0.2, 0) is 15.6 Å². The minimum atomic E-state index is -4.75. The molecule has 1 saturated heterocycles. The van der Waals surface area contributed by atoms with Gasteiger partial charge in [0.05, 0.1) is 13.2 Å². The van der Waals surface area contributed by atoms with Gasteiger partial charge in [0, 0.05) is 29.2 Å². The first-order chi connectivity index (χ1) is 17.5. The molecule has 1 aliphatic rings. The maximum absolute atomic E-state index is 14.7. The fourth-order valence-corrected chi connectivity index (χ4v) is 3.50. The van der Waals surface area contributed by atoms with Crippen LogP contribution >= 0.6 is 0 Å². The highest BCUT2D eigenvalue weighted by molar-refractivity contribution is 5.65. The van der Waals surface area contributed by atoms with Crippen molar-refractivity contribution in [3.63, 3.8) is 0 Å². The maximum Gasteiger partial charge on any atom is 0.432 e. The predicted octanol–water partition coefficient (Wildman–Crippen LogP) is 8.02. The number of hydrogen-bond donors (Lipinski definition) is 0. The van der Waals surface area contributed by atoms with Gasteiger partial charge in [-0.2, -0.15) is 8.78 Å². The van der Waals surface area contributed by atoms with E-state index in [1.54, 1.807) is 0 Å². The highest BCUT2D eigenvalue weighted by atomic mass is 19.3. The van der Waals surface area contributed by atoms with Crippen LogP contribution < -0.4 is 4.74 Å². The molecule has 0 aromatic heterocycles. The van der Waals surface area contributed by atoms with E-state index in [4.69, 9.17) is 9.47 Å². The van der Waals surface area contributed by atoms with E-state index in [0.29, 0.717) is 30.9 Å². The number of rotatable bonds is 5. The Kier molecular flexibility index (Phi) is 8.80. The van der Waals surface area contributed by atoms with Gasteiger partial charge in [0.2, 0.25) is 0 Å². The number of ether oxygens (including phenoxy) is 3. The Hall–Kier alpha value is -3.18. The Morgan fingerprint density at radius 2 is 1.30 bits per heavy atom. The molecular formula is C26H22F8O3. The lowest BCUT2D eigenvalue weighted by Crippen LogP contribution is -2.25. The fourth-order valence-electron chi connectivity index (χ4n) is 3.50. The average molecular weight is 534 g/mol. The topological polar surface area (TPSA) is 27.7 Å². The smallest absolute Gasteiger partial charge is 0.429 e. The molecule has 0 radical (unpaired) electrons. The van der Waals surface area contributed by atoms with Crippen LogP contribution in [0, 0.1) is 40.8 Å². The third-order valence-electron chi connectivity index (χ3n) is 5.18. The molecule has 0 saturated carbocycles. The Morgan fingerprint density at radius 3 is 1.81 bits per heavy atom. The highest BCUT2D eigenvalue weighted by Crippen LogP contribution is 2.38. The van der Waals surface area contributed by atoms with Gasteiger partial charge >= 0.3 is 6.11 Å². The molecule has 1 aliphatic heterocycles. The van der Waals surface area contributed by atoms with Crippen molar-refractivity contribution in [1.29, 1.82) is 0 Å². The van der Waals surface area contributed by atoms with Gasteiger partial charge in [-0.1, -0.05) is 32.9 Å². The molecule has 1 fully saturated rings. The first-order valence-corrected chi connectivity index (χ1v) is 11.2. The molecule has 0 spiro atoms. The summed E-state index contributed by atoms with van der Waals surface area (Å²) in [4.78, 5) is 0. The molecule has 11 heteroatoms. The molecule has 0 unspecified atom stereocenters. The zero-order chi connectivity index (χ0) is 27.5. The number of halogens is 8. The van der Waals surface area contributed by atoms with Crippen molar-refractivity contribution < 1.29 is 49.3 Å². The quantitative estimate of drug-likeness (QED) is 0.245. The van der Waals surface area contributed by atoms with E-state index < -0.39 is 64.2 Å². The Balaban J connectivity index is 0.00000186. The predicted molar refractivity (Wildman–Crippen MR) is 118 cm³/mol. The van der Waals surface area contributed by atoms with Crippen molar-refractivity contribution in [3.05, 3.63) is 88.5 Å². The Labute approximate surface area is 207 Å². The van der Waals surface area contributed by atoms with Crippen LogP contribution in [0.2, 0.25) is 0 Å². The zero-order valence-corrected chi connectivity index (χ0v) is 19.9. The lowest BCUT2D eigenvalue weighted by Gasteiger charge is -2.27. The van der Waals surface area contributed by atoms with Crippen LogP contribution in [0.25, 0.3) is 11.1 Å². The summed E-state index contributed by atoms with van der Waals surface area (Å²) in [6, 6.07) is 4.71. The van der Waals surface area contributed by atoms with Crippen molar-refractivity contribution >= 4 is 0 Å². The van der Waals surface area contributed by atoms with Gasteiger partial charge in [-0.05, 0) is 23.8 Å². The summed E-state index contributed by atoms with van der Waals surface area (Å²) >= 11 is 0. The SMILES string of the molecule is CC.CC1COC(c2ccc(-c3cc(F)c(C(F)(F)Oc4cc(F)c(F)c(F)c4)c(F)c3)c(F)c2)OC1. The summed E-state index contributed by atoms with van der Waals surface area (Å²) in [6.45, 7) is 6.68. The standard InChI is InChI=1S/C24H16F8O3.C2H6/c1-11-9-33-23(34-10-11)12-2-3-15(16(25)4-12)13-5-17(26)21(18(27)6-13)24(31,32)35-14-7-19(28)22(30)20(29)8-14;1-2/h2-8,11,23H,9-10H2,1H3;1-2H3. The van der Waals surface area contributed by atoms with E-state index in [1.165, 1.54) is 12.1 Å². The molecule has 0 aliphatic carbocycles. The van der Waals surface area contributed by atoms with Crippen molar-refractivity contribution in [2.24, 2.45) is 5.92 Å². The van der Waals surface area contributed by atoms with Gasteiger partial charge in [0.15, 0.2) is 23.7 Å². The zero-order valence-electron chi connectivity index (χ0n) is 19.9. The van der Waals surface area contributed by atoms with Crippen molar-refractivity contribution in [2.75, 3.05) is 13.2 Å². The first kappa shape index (κ1) is 28.4. The molecule has 3 aromatic carbocycles. The second kappa shape index (κ2) is 11.5. The Bertz CT molecular complexity index is 1210. The number of alkyl halides is 2. The second-order valence-electron chi connectivity index (χ2n) is 7.98. The minimum Gasteiger partial charge on any atom is -0.429 e. The molecule has 1 heterocycles. The van der Waals surface area contributed by atoms with E-state index in [0.717, 1.165) is 6.07 Å². The summed E-state index contributed by atoms with van der Waals surface area (Å²) < 4.78 is 127. The molecule has 200 valence electrons. The van der Waals surface area contributed by atoms with E-state index in [2.05, 4.69) is 4.74 Å². The average Bonchev–Trinajstić information content (AvgIpc) is 2.83. The molecule has 3 aromatic rings. The van der Waals surface area contributed by atoms with Crippen LogP contribution in [0.4, 0.5) is 35.1 Å². The van der Waals surface area contributed by atoms with Crippen molar-refractivity contribution in [2.45, 2.75) is 33.2 Å². The Morgan fingerprint density at radius 1 is 0.757 bits per heavy atom. The summed E-state index contributed by atoms with van der Waals surface area (Å²) in [6.07, 6.45) is -5.58. The molecular weight excluding hydrogens is 512 g/mol. The van der Waals surface area contributed by atoms with Crippen LogP contribution in [0.1, 0.15) is 38.2 Å². The normalized spacial score (nSPS) is 17.7. The van der Waals surface area contributed by atoms with Gasteiger partial charge in [-0.3, -0.25) is 0 Å². The lowest BCUT2D eigenvalue weighted by molar-refractivity contribution is -0.202. The van der Waals surface area contributed by atoms with Gasteiger partial charge in [0.1, 0.15) is 28.8 Å². The largest absolute Gasteiger partial charge is 0.432 e. The second-order valence-corrected chi connectivity index (χ2v) is 7.98. The van der Waals surface area contributed by atoms with Gasteiger partial charge < -0.3 is 14.2 Å². The third kappa shape index (κ3) is 6.22. The summed E-state index contributed by atoms with van der Waals surface area (Å²) in [5.41, 5.74) is -2.27. The molecule has 37 heavy (non-hydrogen) atoms. The minimum absolute atomic E-state index is 0.0911. The monoisotopic (exact) mass is 534 g/mol. The third-order valence-corrected chi connectivity index (χ3v) is 5.18. The summed E-state index contributed by atoms with van der Waals surface area (Å²) in [5.74, 6) is -11.2. The molecule has 4 rings (SSSR count). The maximum atomic E-state index is 14.7. The number of benzene rings is 3. The lowest BCUT2D eigenvalue weighted by atomic mass is 10.00. The summed E-state index contributed by atoms with van der Waals surface area (Å²) in [7, 11) is 0. The van der Waals surface area contributed by atoms with Crippen LogP contribution in [0.3, 0.4) is 0 Å². The van der Waals surface area contributed by atoms with Gasteiger partial charge in [0.25, 0.3) is 0 Å². The van der Waals surface area contributed by atoms with Crippen molar-refractivity contribution in [1.82, 2.24) is 0 Å². The first-order valence-electron chi connectivity index (χ1n) is 11.2. The molecule has 0 atom stereocenters.